The summed E-state index contributed by atoms with van der Waals surface area (Å²) in [7, 11) is 3.48. The normalized spacial score (nSPS) is 12.1. The summed E-state index contributed by atoms with van der Waals surface area (Å²) in [5, 5.41) is 15.7. The van der Waals surface area contributed by atoms with Crippen LogP contribution in [0.5, 0.6) is 11.6 Å². The molecule has 0 saturated carbocycles. The maximum atomic E-state index is 13.9. The number of hydrogen-bond acceptors (Lipinski definition) is 5. The molecule has 0 spiro atoms. The van der Waals surface area contributed by atoms with Crippen LogP contribution < -0.4 is 4.74 Å². The minimum Gasteiger partial charge on any atom is -0.439 e. The fourth-order valence-electron chi connectivity index (χ4n) is 4.22. The first-order chi connectivity index (χ1) is 17.5. The summed E-state index contributed by atoms with van der Waals surface area (Å²) in [5.74, 6) is 0.552. The highest BCUT2D eigenvalue weighted by Crippen LogP contribution is 2.34. The van der Waals surface area contributed by atoms with Crippen LogP contribution in [0.1, 0.15) is 11.1 Å². The zero-order valence-electron chi connectivity index (χ0n) is 20.7. The molecule has 0 bridgehead atoms. The van der Waals surface area contributed by atoms with Gasteiger partial charge < -0.3 is 14.6 Å². The Morgan fingerprint density at radius 2 is 1.72 bits per heavy atom. The van der Waals surface area contributed by atoms with Gasteiger partial charge in [-0.3, -0.25) is 4.90 Å². The van der Waals surface area contributed by atoms with Gasteiger partial charge >= 0.3 is 0 Å². The molecule has 0 aliphatic rings. The minimum atomic E-state index is -0.561. The van der Waals surface area contributed by atoms with Crippen LogP contribution in [0.15, 0.2) is 84.9 Å². The van der Waals surface area contributed by atoms with E-state index in [1.165, 1.54) is 12.1 Å². The van der Waals surface area contributed by atoms with E-state index >= 15 is 0 Å². The highest BCUT2D eigenvalue weighted by molar-refractivity contribution is 5.65. The van der Waals surface area contributed by atoms with Crippen molar-refractivity contribution in [2.24, 2.45) is 7.05 Å². The molecule has 0 amide bonds. The molecule has 1 aromatic heterocycles. The molecule has 1 N–H and O–H groups in total. The van der Waals surface area contributed by atoms with Gasteiger partial charge in [0.2, 0.25) is 5.88 Å². The monoisotopic (exact) mass is 489 g/mol. The van der Waals surface area contributed by atoms with Gasteiger partial charge in [0.1, 0.15) is 17.3 Å². The van der Waals surface area contributed by atoms with Gasteiger partial charge in [-0.2, -0.15) is 5.10 Å². The molecule has 0 saturated heterocycles. The predicted molar refractivity (Wildman–Crippen MR) is 138 cm³/mol. The molecule has 3 aromatic carbocycles. The van der Waals surface area contributed by atoms with E-state index in [9.17, 15) is 9.50 Å². The highest BCUT2D eigenvalue weighted by Gasteiger charge is 2.23. The average Bonchev–Trinajstić information content (AvgIpc) is 3.18. The molecule has 36 heavy (non-hydrogen) atoms. The van der Waals surface area contributed by atoms with Gasteiger partial charge in [0, 0.05) is 45.4 Å². The molecular formula is C29H32FN3O3. The Balaban J connectivity index is 1.64. The van der Waals surface area contributed by atoms with Crippen molar-refractivity contribution in [3.8, 4) is 22.9 Å². The molecule has 0 aliphatic heterocycles. The summed E-state index contributed by atoms with van der Waals surface area (Å²) in [6.45, 7) is 2.04. The second-order valence-electron chi connectivity index (χ2n) is 8.75. The van der Waals surface area contributed by atoms with E-state index in [2.05, 4.69) is 4.90 Å². The Kier molecular flexibility index (Phi) is 8.84. The Labute approximate surface area is 211 Å². The Morgan fingerprint density at radius 1 is 1.00 bits per heavy atom. The summed E-state index contributed by atoms with van der Waals surface area (Å²) in [5.41, 5.74) is 3.67. The molecule has 1 heterocycles. The van der Waals surface area contributed by atoms with Crippen molar-refractivity contribution < 1.29 is 19.0 Å². The second-order valence-corrected chi connectivity index (χ2v) is 8.75. The molecule has 0 unspecified atom stereocenters. The van der Waals surface area contributed by atoms with Crippen molar-refractivity contribution in [1.82, 2.24) is 14.7 Å². The zero-order valence-corrected chi connectivity index (χ0v) is 20.7. The molecule has 0 fully saturated rings. The number of halogens is 1. The largest absolute Gasteiger partial charge is 0.439 e. The fourth-order valence-corrected chi connectivity index (χ4v) is 4.22. The number of aryl methyl sites for hydroxylation is 1. The maximum Gasteiger partial charge on any atom is 0.222 e. The van der Waals surface area contributed by atoms with Gasteiger partial charge in [-0.25, -0.2) is 9.07 Å². The van der Waals surface area contributed by atoms with Crippen molar-refractivity contribution in [1.29, 1.82) is 0 Å². The zero-order chi connectivity index (χ0) is 25.3. The van der Waals surface area contributed by atoms with Crippen molar-refractivity contribution in [3.05, 3.63) is 102 Å². The van der Waals surface area contributed by atoms with E-state index in [1.807, 2.05) is 67.7 Å². The minimum absolute atomic E-state index is 0.370. The number of ether oxygens (including phenoxy) is 2. The van der Waals surface area contributed by atoms with Crippen molar-refractivity contribution in [2.75, 3.05) is 26.8 Å². The van der Waals surface area contributed by atoms with Crippen LogP contribution in [-0.4, -0.2) is 52.7 Å². The van der Waals surface area contributed by atoms with Crippen LogP contribution >= 0.6 is 0 Å². The third-order valence-electron chi connectivity index (χ3n) is 5.92. The van der Waals surface area contributed by atoms with Gasteiger partial charge in [0.25, 0.3) is 0 Å². The Morgan fingerprint density at radius 3 is 2.42 bits per heavy atom. The molecule has 0 aliphatic carbocycles. The number of methoxy groups -OCH3 is 1. The number of benzene rings is 3. The lowest BCUT2D eigenvalue weighted by atomic mass is 10.1. The van der Waals surface area contributed by atoms with Crippen LogP contribution in [0.4, 0.5) is 4.39 Å². The molecule has 4 aromatic rings. The molecule has 6 nitrogen and oxygen atoms in total. The summed E-state index contributed by atoms with van der Waals surface area (Å²) in [4.78, 5) is 2.14. The van der Waals surface area contributed by atoms with Crippen molar-refractivity contribution in [3.63, 3.8) is 0 Å². The smallest absolute Gasteiger partial charge is 0.222 e. The molecule has 4 rings (SSSR count). The Bertz CT molecular complexity index is 1230. The van der Waals surface area contributed by atoms with Crippen molar-refractivity contribution >= 4 is 0 Å². The highest BCUT2D eigenvalue weighted by atomic mass is 19.1. The van der Waals surface area contributed by atoms with Crippen LogP contribution in [-0.2, 0) is 24.8 Å². The summed E-state index contributed by atoms with van der Waals surface area (Å²) >= 11 is 0. The first kappa shape index (κ1) is 25.6. The van der Waals surface area contributed by atoms with Crippen LogP contribution in [0.3, 0.4) is 0 Å². The number of aliphatic hydroxyl groups excluding tert-OH is 1. The number of hydrogen-bond donors (Lipinski definition) is 1. The summed E-state index contributed by atoms with van der Waals surface area (Å²) in [6, 6.07) is 25.9. The van der Waals surface area contributed by atoms with Crippen molar-refractivity contribution in [2.45, 2.75) is 19.1 Å². The second kappa shape index (κ2) is 12.4. The van der Waals surface area contributed by atoms with Gasteiger partial charge in [0.15, 0.2) is 0 Å². The number of aromatic nitrogens is 2. The lowest BCUT2D eigenvalue weighted by molar-refractivity contribution is 0.0848. The molecule has 1 atom stereocenters. The molecule has 188 valence electrons. The lowest BCUT2D eigenvalue weighted by Gasteiger charge is -2.25. The van der Waals surface area contributed by atoms with Crippen LogP contribution in [0.25, 0.3) is 11.3 Å². The van der Waals surface area contributed by atoms with Gasteiger partial charge in [0.05, 0.1) is 18.3 Å². The standard InChI is InChI=1S/C29H32FN3O3/c1-32-29(36-26-15-9-14-24(30)19-26)27(28(31-32)23-12-7-4-8-13-23)21-33(16-17-35-2)20-25(34)18-22-10-5-3-6-11-22/h3-15,19,25,34H,16-18,20-21H2,1-2H3/t25-/m1/s1. The van der Waals surface area contributed by atoms with Crippen LogP contribution in [0, 0.1) is 5.82 Å². The number of nitrogens with zero attached hydrogens (tertiary/aromatic N) is 3. The molecule has 7 heteroatoms. The average molecular weight is 490 g/mol. The van der Waals surface area contributed by atoms with Gasteiger partial charge in [-0.15, -0.1) is 0 Å². The van der Waals surface area contributed by atoms with E-state index < -0.39 is 6.10 Å². The van der Waals surface area contributed by atoms with Gasteiger partial charge in [-0.1, -0.05) is 66.7 Å². The topological polar surface area (TPSA) is 59.8 Å². The van der Waals surface area contributed by atoms with Gasteiger partial charge in [-0.05, 0) is 24.1 Å². The number of aliphatic hydroxyl groups is 1. The van der Waals surface area contributed by atoms with E-state index in [4.69, 9.17) is 14.6 Å². The Hall–Kier alpha value is -3.52. The van der Waals surface area contributed by atoms with E-state index in [-0.39, 0.29) is 5.82 Å². The molecule has 0 radical (unpaired) electrons. The summed E-state index contributed by atoms with van der Waals surface area (Å²) in [6.07, 6.45) is -0.0103. The van der Waals surface area contributed by atoms with E-state index in [1.54, 1.807) is 23.9 Å². The van der Waals surface area contributed by atoms with E-state index in [0.717, 1.165) is 22.4 Å². The molecular weight excluding hydrogens is 457 g/mol. The third kappa shape index (κ3) is 6.79. The quantitative estimate of drug-likeness (QED) is 0.301. The third-order valence-corrected chi connectivity index (χ3v) is 5.92. The summed E-state index contributed by atoms with van der Waals surface area (Å²) < 4.78 is 27.1. The fraction of sp³-hybridized carbons (Fsp3) is 0.276. The van der Waals surface area contributed by atoms with Crippen LogP contribution in [0.2, 0.25) is 0 Å². The lowest BCUT2D eigenvalue weighted by Crippen LogP contribution is -2.35. The SMILES string of the molecule is COCCN(Cc1c(-c2ccccc2)nn(C)c1Oc1cccc(F)c1)C[C@H](O)Cc1ccccc1. The maximum absolute atomic E-state index is 13.9. The number of rotatable bonds is 12. The predicted octanol–water partition coefficient (Wildman–Crippen LogP) is 5.07. The van der Waals surface area contributed by atoms with E-state index in [0.29, 0.717) is 44.3 Å². The first-order valence-electron chi connectivity index (χ1n) is 12.0. The first-order valence-corrected chi connectivity index (χ1v) is 12.0.